The Labute approximate surface area is 207 Å². The lowest BCUT2D eigenvalue weighted by Crippen LogP contribution is -2.04. The van der Waals surface area contributed by atoms with Gasteiger partial charge in [0.15, 0.2) is 0 Å². The Bertz CT molecular complexity index is 1580. The number of hydrogen-bond donors (Lipinski definition) is 4. The molecule has 0 saturated heterocycles. The summed E-state index contributed by atoms with van der Waals surface area (Å²) in [4.78, 5) is 26.7. The molecule has 36 heavy (non-hydrogen) atoms. The van der Waals surface area contributed by atoms with Crippen LogP contribution in [0.15, 0.2) is 84.9 Å². The molecule has 0 spiro atoms. The minimum Gasteiger partial charge on any atom is -0.493 e. The highest BCUT2D eigenvalue weighted by molar-refractivity contribution is 6.03. The number of hydrogen-bond acceptors (Lipinski definition) is 4. The van der Waals surface area contributed by atoms with Gasteiger partial charge in [-0.3, -0.25) is 0 Å². The molecule has 0 radical (unpaired) electrons. The van der Waals surface area contributed by atoms with Crippen LogP contribution in [0.2, 0.25) is 0 Å². The van der Waals surface area contributed by atoms with Crippen LogP contribution in [0.1, 0.15) is 32.8 Å². The number of aromatic nitrogens is 1. The molecule has 180 valence electrons. The lowest BCUT2D eigenvalue weighted by Gasteiger charge is -2.11. The van der Waals surface area contributed by atoms with Crippen LogP contribution in [0.3, 0.4) is 0 Å². The molecule has 0 atom stereocenters. The van der Waals surface area contributed by atoms with Gasteiger partial charge in [0.25, 0.3) is 0 Å². The molecule has 0 fully saturated rings. The van der Waals surface area contributed by atoms with Crippen LogP contribution < -0.4 is 10.1 Å². The number of aromatic carboxylic acids is 2. The van der Waals surface area contributed by atoms with Crippen molar-refractivity contribution < 1.29 is 24.5 Å². The molecule has 0 saturated carbocycles. The minimum atomic E-state index is -1.05. The molecule has 5 aromatic rings. The predicted octanol–water partition coefficient (Wildman–Crippen LogP) is 6.47. The van der Waals surface area contributed by atoms with Gasteiger partial charge >= 0.3 is 11.9 Å². The summed E-state index contributed by atoms with van der Waals surface area (Å²) >= 11 is 0. The third kappa shape index (κ3) is 4.46. The monoisotopic (exact) mass is 480 g/mol. The first kappa shape index (κ1) is 23.0. The number of anilines is 2. The zero-order valence-electron chi connectivity index (χ0n) is 19.3. The molecule has 4 aromatic carbocycles. The van der Waals surface area contributed by atoms with Crippen LogP contribution in [0, 0.1) is 0 Å². The molecule has 4 N–H and O–H groups in total. The number of fused-ring (bicyclic) bond motifs is 2. The van der Waals surface area contributed by atoms with E-state index < -0.39 is 11.9 Å². The second kappa shape index (κ2) is 9.84. The standard InChI is InChI=1S/C29H24N2O5/c32-28(33)22-11-3-4-14-23(22)30-24-15-6-12-20-21(27(29(34)35)31-26(20)24)13-7-17-36-25-16-5-9-18-8-1-2-10-19(18)25/h1-6,8-12,14-16,30-31H,7,13,17H2,(H,32,33)(H,34,35). The first-order valence-corrected chi connectivity index (χ1v) is 11.6. The third-order valence-electron chi connectivity index (χ3n) is 6.16. The highest BCUT2D eigenvalue weighted by Crippen LogP contribution is 2.32. The van der Waals surface area contributed by atoms with Crippen molar-refractivity contribution >= 4 is 45.0 Å². The van der Waals surface area contributed by atoms with Crippen molar-refractivity contribution in [3.05, 3.63) is 102 Å². The number of benzene rings is 4. The van der Waals surface area contributed by atoms with Gasteiger partial charge in [0.2, 0.25) is 0 Å². The second-order valence-electron chi connectivity index (χ2n) is 8.42. The lowest BCUT2D eigenvalue weighted by atomic mass is 10.0. The number of carboxylic acids is 2. The van der Waals surface area contributed by atoms with E-state index in [9.17, 15) is 19.8 Å². The molecule has 7 heteroatoms. The van der Waals surface area contributed by atoms with E-state index in [1.165, 1.54) is 6.07 Å². The van der Waals surface area contributed by atoms with Crippen LogP contribution in [0.5, 0.6) is 5.75 Å². The Morgan fingerprint density at radius 1 is 0.778 bits per heavy atom. The number of rotatable bonds is 9. The Morgan fingerprint density at radius 3 is 2.31 bits per heavy atom. The van der Waals surface area contributed by atoms with Gasteiger partial charge in [-0.2, -0.15) is 0 Å². The predicted molar refractivity (Wildman–Crippen MR) is 140 cm³/mol. The summed E-state index contributed by atoms with van der Waals surface area (Å²) in [5.74, 6) is -1.29. The second-order valence-corrected chi connectivity index (χ2v) is 8.42. The van der Waals surface area contributed by atoms with Crippen LogP contribution in [-0.4, -0.2) is 33.7 Å². The van der Waals surface area contributed by atoms with Gasteiger partial charge in [0.05, 0.1) is 29.1 Å². The number of aromatic amines is 1. The summed E-state index contributed by atoms with van der Waals surface area (Å²) in [6.07, 6.45) is 1.12. The normalized spacial score (nSPS) is 11.0. The van der Waals surface area contributed by atoms with Crippen LogP contribution in [0.4, 0.5) is 11.4 Å². The quantitative estimate of drug-likeness (QED) is 0.180. The summed E-state index contributed by atoms with van der Waals surface area (Å²) in [6, 6.07) is 26.0. The van der Waals surface area contributed by atoms with E-state index >= 15 is 0 Å². The SMILES string of the molecule is O=C(O)c1ccccc1Nc1cccc2c(CCCOc3cccc4ccccc34)c(C(=O)O)[nH]c12. The maximum Gasteiger partial charge on any atom is 0.352 e. The molecule has 0 bridgehead atoms. The van der Waals surface area contributed by atoms with Crippen molar-refractivity contribution in [1.29, 1.82) is 0 Å². The molecular formula is C29H24N2O5. The number of carbonyl (C=O) groups is 2. The summed E-state index contributed by atoms with van der Waals surface area (Å²) in [6.45, 7) is 0.434. The zero-order valence-corrected chi connectivity index (χ0v) is 19.3. The Balaban J connectivity index is 1.39. The fraction of sp³-hybridized carbons (Fsp3) is 0.103. The van der Waals surface area contributed by atoms with Gasteiger partial charge in [-0.05, 0) is 48.1 Å². The number of H-pyrrole nitrogens is 1. The van der Waals surface area contributed by atoms with Crippen molar-refractivity contribution in [3.63, 3.8) is 0 Å². The molecule has 1 aromatic heterocycles. The maximum absolute atomic E-state index is 12.0. The molecule has 0 unspecified atom stereocenters. The van der Waals surface area contributed by atoms with Crippen molar-refractivity contribution in [3.8, 4) is 5.75 Å². The van der Waals surface area contributed by atoms with E-state index in [0.29, 0.717) is 41.9 Å². The first-order chi connectivity index (χ1) is 17.5. The number of para-hydroxylation sites is 2. The largest absolute Gasteiger partial charge is 0.493 e. The Hall–Kier alpha value is -4.78. The van der Waals surface area contributed by atoms with Crippen molar-refractivity contribution in [2.24, 2.45) is 0 Å². The Morgan fingerprint density at radius 2 is 1.47 bits per heavy atom. The average molecular weight is 481 g/mol. The van der Waals surface area contributed by atoms with Gasteiger partial charge in [0, 0.05) is 10.8 Å². The number of aryl methyl sites for hydroxylation is 1. The van der Waals surface area contributed by atoms with Gasteiger partial charge in [-0.1, -0.05) is 60.7 Å². The molecule has 0 aliphatic heterocycles. The van der Waals surface area contributed by atoms with E-state index in [2.05, 4.69) is 10.3 Å². The summed E-state index contributed by atoms with van der Waals surface area (Å²) in [7, 11) is 0. The fourth-order valence-electron chi connectivity index (χ4n) is 4.50. The molecule has 0 aliphatic rings. The van der Waals surface area contributed by atoms with E-state index in [-0.39, 0.29) is 11.3 Å². The average Bonchev–Trinajstić information content (AvgIpc) is 3.27. The topological polar surface area (TPSA) is 112 Å². The molecule has 7 nitrogen and oxygen atoms in total. The number of carboxylic acid groups (broad SMARTS) is 2. The minimum absolute atomic E-state index is 0.121. The van der Waals surface area contributed by atoms with Crippen LogP contribution >= 0.6 is 0 Å². The van der Waals surface area contributed by atoms with Crippen LogP contribution in [-0.2, 0) is 6.42 Å². The van der Waals surface area contributed by atoms with Crippen LogP contribution in [0.25, 0.3) is 21.7 Å². The first-order valence-electron chi connectivity index (χ1n) is 11.6. The molecule has 0 amide bonds. The smallest absolute Gasteiger partial charge is 0.352 e. The summed E-state index contributed by atoms with van der Waals surface area (Å²) in [5, 5.41) is 25.4. The van der Waals surface area contributed by atoms with Crippen molar-refractivity contribution in [2.45, 2.75) is 12.8 Å². The van der Waals surface area contributed by atoms with E-state index in [1.54, 1.807) is 24.3 Å². The highest BCUT2D eigenvalue weighted by atomic mass is 16.5. The maximum atomic E-state index is 12.0. The molecule has 0 aliphatic carbocycles. The highest BCUT2D eigenvalue weighted by Gasteiger charge is 2.19. The van der Waals surface area contributed by atoms with Crippen molar-refractivity contribution in [1.82, 2.24) is 4.98 Å². The molecule has 1 heterocycles. The van der Waals surface area contributed by atoms with Gasteiger partial charge in [-0.15, -0.1) is 0 Å². The van der Waals surface area contributed by atoms with Gasteiger partial charge < -0.3 is 25.3 Å². The summed E-state index contributed by atoms with van der Waals surface area (Å²) in [5.41, 5.74) is 2.58. The van der Waals surface area contributed by atoms with E-state index in [1.807, 2.05) is 54.6 Å². The van der Waals surface area contributed by atoms with Gasteiger partial charge in [-0.25, -0.2) is 9.59 Å². The fourth-order valence-corrected chi connectivity index (χ4v) is 4.50. The van der Waals surface area contributed by atoms with E-state index in [4.69, 9.17) is 4.74 Å². The lowest BCUT2D eigenvalue weighted by molar-refractivity contribution is 0.0682. The molecular weight excluding hydrogens is 456 g/mol. The number of nitrogens with one attached hydrogen (secondary N) is 2. The zero-order chi connectivity index (χ0) is 25.1. The summed E-state index contributed by atoms with van der Waals surface area (Å²) < 4.78 is 6.04. The molecule has 5 rings (SSSR count). The number of ether oxygens (including phenoxy) is 1. The van der Waals surface area contributed by atoms with Crippen molar-refractivity contribution in [2.75, 3.05) is 11.9 Å². The van der Waals surface area contributed by atoms with Gasteiger partial charge in [0.1, 0.15) is 11.4 Å². The third-order valence-corrected chi connectivity index (χ3v) is 6.16. The van der Waals surface area contributed by atoms with E-state index in [0.717, 1.165) is 21.9 Å². The Kier molecular flexibility index (Phi) is 6.28.